The van der Waals surface area contributed by atoms with Crippen molar-refractivity contribution in [1.29, 1.82) is 0 Å². The van der Waals surface area contributed by atoms with Gasteiger partial charge < -0.3 is 0 Å². The number of hydrogen-bond acceptors (Lipinski definition) is 3. The zero-order valence-electron chi connectivity index (χ0n) is 11.8. The number of fused-ring (bicyclic) bond motifs is 1. The summed E-state index contributed by atoms with van der Waals surface area (Å²) in [6, 6.07) is 3.72. The quantitative estimate of drug-likeness (QED) is 0.664. The van der Waals surface area contributed by atoms with Crippen molar-refractivity contribution in [3.63, 3.8) is 0 Å². The zero-order chi connectivity index (χ0) is 15.1. The first-order valence-corrected chi connectivity index (χ1v) is 7.76. The minimum Gasteiger partial charge on any atom is -0.241 e. The Morgan fingerprint density at radius 3 is 2.86 bits per heavy atom. The van der Waals surface area contributed by atoms with Crippen LogP contribution in [0.25, 0.3) is 16.8 Å². The fourth-order valence-corrected chi connectivity index (χ4v) is 3.38. The predicted octanol–water partition coefficient (Wildman–Crippen LogP) is 4.24. The Kier molecular flexibility index (Phi) is 3.30. The third-order valence-electron chi connectivity index (χ3n) is 4.33. The molecule has 4 rings (SSSR count). The molecule has 3 aromatic rings. The molecule has 0 N–H and O–H groups in total. The number of pyridine rings is 1. The van der Waals surface area contributed by atoms with Crippen molar-refractivity contribution in [1.82, 2.24) is 19.6 Å². The van der Waals surface area contributed by atoms with Crippen molar-refractivity contribution in [3.05, 3.63) is 47.4 Å². The molecule has 1 saturated carbocycles. The van der Waals surface area contributed by atoms with Gasteiger partial charge >= 0.3 is 0 Å². The highest BCUT2D eigenvalue weighted by molar-refractivity contribution is 6.28. The van der Waals surface area contributed by atoms with Gasteiger partial charge in [-0.2, -0.15) is 5.10 Å². The Hall–Kier alpha value is -2.01. The van der Waals surface area contributed by atoms with Gasteiger partial charge in [0.1, 0.15) is 5.69 Å². The normalized spacial score (nSPS) is 15.7. The van der Waals surface area contributed by atoms with Gasteiger partial charge in [-0.1, -0.05) is 12.8 Å². The Labute approximate surface area is 132 Å². The average Bonchev–Trinajstić information content (AvgIpc) is 3.17. The molecule has 3 aromatic heterocycles. The maximum absolute atomic E-state index is 14.0. The predicted molar refractivity (Wildman–Crippen MR) is 82.4 cm³/mol. The second kappa shape index (κ2) is 5.32. The number of aromatic nitrogens is 4. The largest absolute Gasteiger partial charge is 0.241 e. The monoisotopic (exact) mass is 316 g/mol. The van der Waals surface area contributed by atoms with Gasteiger partial charge in [-0.3, -0.25) is 0 Å². The summed E-state index contributed by atoms with van der Waals surface area (Å²) >= 11 is 5.79. The standard InChI is InChI=1S/C16H14ClFN4/c17-16-19-9-13(18)15(21-16)11-5-6-22-14(7-11)12(8-20-22)10-3-1-2-4-10/h5-10H,1-4H2. The lowest BCUT2D eigenvalue weighted by molar-refractivity contribution is 0.618. The topological polar surface area (TPSA) is 43.1 Å². The van der Waals surface area contributed by atoms with Gasteiger partial charge in [0.25, 0.3) is 0 Å². The second-order valence-corrected chi connectivity index (χ2v) is 6.00. The van der Waals surface area contributed by atoms with Crippen molar-refractivity contribution in [2.75, 3.05) is 0 Å². The van der Waals surface area contributed by atoms with Gasteiger partial charge in [-0.25, -0.2) is 18.9 Å². The van der Waals surface area contributed by atoms with E-state index in [2.05, 4.69) is 15.1 Å². The summed E-state index contributed by atoms with van der Waals surface area (Å²) in [6.45, 7) is 0. The molecule has 1 fully saturated rings. The van der Waals surface area contributed by atoms with E-state index in [9.17, 15) is 4.39 Å². The van der Waals surface area contributed by atoms with E-state index in [1.165, 1.54) is 31.2 Å². The molecule has 3 heterocycles. The summed E-state index contributed by atoms with van der Waals surface area (Å²) in [6.07, 6.45) is 9.77. The smallest absolute Gasteiger partial charge is 0.223 e. The van der Waals surface area contributed by atoms with Crippen LogP contribution in [0.2, 0.25) is 5.28 Å². The molecule has 0 aliphatic heterocycles. The highest BCUT2D eigenvalue weighted by Gasteiger charge is 2.21. The Morgan fingerprint density at radius 2 is 2.05 bits per heavy atom. The summed E-state index contributed by atoms with van der Waals surface area (Å²) in [7, 11) is 0. The van der Waals surface area contributed by atoms with Gasteiger partial charge in [0.05, 0.1) is 17.9 Å². The molecule has 0 unspecified atom stereocenters. The molecule has 22 heavy (non-hydrogen) atoms. The first kappa shape index (κ1) is 13.6. The number of nitrogens with zero attached hydrogens (tertiary/aromatic N) is 4. The molecule has 0 saturated heterocycles. The SMILES string of the molecule is Fc1cnc(Cl)nc1-c1ccn2ncc(C3CCCC3)c2c1. The minimum atomic E-state index is -0.476. The van der Waals surface area contributed by atoms with E-state index in [1.54, 1.807) is 6.07 Å². The fourth-order valence-electron chi connectivity index (χ4n) is 3.25. The van der Waals surface area contributed by atoms with E-state index < -0.39 is 5.82 Å². The maximum Gasteiger partial charge on any atom is 0.223 e. The van der Waals surface area contributed by atoms with Crippen molar-refractivity contribution in [3.8, 4) is 11.3 Å². The Bertz CT molecular complexity index is 839. The maximum atomic E-state index is 14.0. The van der Waals surface area contributed by atoms with Crippen LogP contribution in [-0.2, 0) is 0 Å². The lowest BCUT2D eigenvalue weighted by Crippen LogP contribution is -1.96. The highest BCUT2D eigenvalue weighted by Crippen LogP contribution is 2.36. The lowest BCUT2D eigenvalue weighted by atomic mass is 9.98. The number of rotatable bonds is 2. The average molecular weight is 317 g/mol. The lowest BCUT2D eigenvalue weighted by Gasteiger charge is -2.08. The van der Waals surface area contributed by atoms with Crippen LogP contribution < -0.4 is 0 Å². The zero-order valence-corrected chi connectivity index (χ0v) is 12.6. The first-order valence-electron chi connectivity index (χ1n) is 7.38. The van der Waals surface area contributed by atoms with Crippen molar-refractivity contribution in [2.24, 2.45) is 0 Å². The van der Waals surface area contributed by atoms with Gasteiger partial charge in [0, 0.05) is 17.3 Å². The summed E-state index contributed by atoms with van der Waals surface area (Å²) in [5, 5.41) is 4.44. The minimum absolute atomic E-state index is 0.0424. The summed E-state index contributed by atoms with van der Waals surface area (Å²) in [5.74, 6) is 0.0715. The van der Waals surface area contributed by atoms with Crippen LogP contribution >= 0.6 is 11.6 Å². The highest BCUT2D eigenvalue weighted by atomic mass is 35.5. The van der Waals surface area contributed by atoms with Crippen LogP contribution in [0.1, 0.15) is 37.2 Å². The molecule has 6 heteroatoms. The molecular weight excluding hydrogens is 303 g/mol. The molecule has 0 amide bonds. The van der Waals surface area contributed by atoms with E-state index in [0.29, 0.717) is 11.5 Å². The molecule has 0 atom stereocenters. The van der Waals surface area contributed by atoms with E-state index in [4.69, 9.17) is 11.6 Å². The summed E-state index contributed by atoms with van der Waals surface area (Å²) < 4.78 is 15.8. The molecule has 0 bridgehead atoms. The molecule has 1 aliphatic carbocycles. The van der Waals surface area contributed by atoms with Crippen LogP contribution in [0.4, 0.5) is 4.39 Å². The molecule has 112 valence electrons. The van der Waals surface area contributed by atoms with Crippen molar-refractivity contribution >= 4 is 17.1 Å². The van der Waals surface area contributed by atoms with E-state index >= 15 is 0 Å². The molecular formula is C16H14ClFN4. The Morgan fingerprint density at radius 1 is 1.23 bits per heavy atom. The molecule has 0 spiro atoms. The number of hydrogen-bond donors (Lipinski definition) is 0. The van der Waals surface area contributed by atoms with E-state index in [0.717, 1.165) is 11.7 Å². The summed E-state index contributed by atoms with van der Waals surface area (Å²) in [4.78, 5) is 7.67. The van der Waals surface area contributed by atoms with Crippen LogP contribution in [0.15, 0.2) is 30.7 Å². The van der Waals surface area contributed by atoms with E-state index in [1.807, 2.05) is 23.0 Å². The van der Waals surface area contributed by atoms with Crippen LogP contribution in [0, 0.1) is 5.82 Å². The molecule has 1 aliphatic rings. The van der Waals surface area contributed by atoms with Crippen molar-refractivity contribution < 1.29 is 4.39 Å². The number of halogens is 2. The van der Waals surface area contributed by atoms with Gasteiger partial charge in [-0.05, 0) is 42.5 Å². The van der Waals surface area contributed by atoms with Gasteiger partial charge in [0.2, 0.25) is 5.28 Å². The first-order chi connectivity index (χ1) is 10.7. The van der Waals surface area contributed by atoms with Crippen LogP contribution in [-0.4, -0.2) is 19.6 Å². The molecule has 0 aromatic carbocycles. The third-order valence-corrected chi connectivity index (χ3v) is 4.52. The van der Waals surface area contributed by atoms with Gasteiger partial charge in [0.15, 0.2) is 5.82 Å². The fraction of sp³-hybridized carbons (Fsp3) is 0.312. The molecule has 4 nitrogen and oxygen atoms in total. The Balaban J connectivity index is 1.85. The third kappa shape index (κ3) is 2.25. The van der Waals surface area contributed by atoms with Gasteiger partial charge in [-0.15, -0.1) is 0 Å². The van der Waals surface area contributed by atoms with Crippen LogP contribution in [0.3, 0.4) is 0 Å². The summed E-state index contributed by atoms with van der Waals surface area (Å²) in [5.41, 5.74) is 3.16. The van der Waals surface area contributed by atoms with E-state index in [-0.39, 0.29) is 11.0 Å². The van der Waals surface area contributed by atoms with Crippen LogP contribution in [0.5, 0.6) is 0 Å². The van der Waals surface area contributed by atoms with Crippen molar-refractivity contribution in [2.45, 2.75) is 31.6 Å². The second-order valence-electron chi connectivity index (χ2n) is 5.66. The molecule has 0 radical (unpaired) electrons.